The number of hydrogen-bond acceptors (Lipinski definition) is 7. The van der Waals surface area contributed by atoms with Gasteiger partial charge in [0.25, 0.3) is 5.91 Å². The SMILES string of the molecule is COc1ccc(NC(=O)c2ccc(SCc3nc(C)no3)cc2)c(OC)c1. The van der Waals surface area contributed by atoms with E-state index in [0.29, 0.717) is 40.2 Å². The molecule has 0 aliphatic rings. The fraction of sp³-hybridized carbons (Fsp3) is 0.211. The van der Waals surface area contributed by atoms with Crippen LogP contribution < -0.4 is 14.8 Å². The Hall–Kier alpha value is -3.00. The first kappa shape index (κ1) is 18.8. The van der Waals surface area contributed by atoms with E-state index in [2.05, 4.69) is 15.5 Å². The Bertz CT molecular complexity index is 925. The molecule has 0 aliphatic carbocycles. The molecule has 27 heavy (non-hydrogen) atoms. The highest BCUT2D eigenvalue weighted by molar-refractivity contribution is 7.98. The molecule has 0 fully saturated rings. The Morgan fingerprint density at radius 1 is 1.15 bits per heavy atom. The maximum absolute atomic E-state index is 12.5. The molecule has 0 radical (unpaired) electrons. The van der Waals surface area contributed by atoms with Crippen LogP contribution in [0.25, 0.3) is 0 Å². The highest BCUT2D eigenvalue weighted by Crippen LogP contribution is 2.29. The summed E-state index contributed by atoms with van der Waals surface area (Å²) < 4.78 is 15.5. The quantitative estimate of drug-likeness (QED) is 0.616. The number of carbonyl (C=O) groups excluding carboxylic acids is 1. The molecule has 0 aliphatic heterocycles. The average molecular weight is 385 g/mol. The summed E-state index contributed by atoms with van der Waals surface area (Å²) in [5.74, 6) is 2.74. The van der Waals surface area contributed by atoms with E-state index < -0.39 is 0 Å². The maximum atomic E-state index is 12.5. The molecule has 1 N–H and O–H groups in total. The fourth-order valence-electron chi connectivity index (χ4n) is 2.34. The van der Waals surface area contributed by atoms with E-state index in [4.69, 9.17) is 14.0 Å². The monoisotopic (exact) mass is 385 g/mol. The summed E-state index contributed by atoms with van der Waals surface area (Å²) in [4.78, 5) is 17.7. The third kappa shape index (κ3) is 4.79. The number of hydrogen-bond donors (Lipinski definition) is 1. The van der Waals surface area contributed by atoms with Crippen molar-refractivity contribution in [2.24, 2.45) is 0 Å². The number of thioether (sulfide) groups is 1. The summed E-state index contributed by atoms with van der Waals surface area (Å²) in [5, 5.41) is 6.61. The van der Waals surface area contributed by atoms with E-state index in [1.807, 2.05) is 12.1 Å². The summed E-state index contributed by atoms with van der Waals surface area (Å²) in [6, 6.07) is 12.5. The summed E-state index contributed by atoms with van der Waals surface area (Å²) in [5.41, 5.74) is 1.12. The molecule has 1 amide bonds. The molecule has 7 nitrogen and oxygen atoms in total. The molecule has 1 aromatic heterocycles. The third-order valence-electron chi connectivity index (χ3n) is 3.71. The normalized spacial score (nSPS) is 10.5. The van der Waals surface area contributed by atoms with E-state index in [9.17, 15) is 4.79 Å². The van der Waals surface area contributed by atoms with Crippen molar-refractivity contribution in [3.8, 4) is 11.5 Å². The first-order valence-corrected chi connectivity index (χ1v) is 9.13. The van der Waals surface area contributed by atoms with Crippen LogP contribution in [-0.4, -0.2) is 30.3 Å². The lowest BCUT2D eigenvalue weighted by Gasteiger charge is -2.11. The van der Waals surface area contributed by atoms with Gasteiger partial charge < -0.3 is 19.3 Å². The minimum Gasteiger partial charge on any atom is -0.497 e. The number of anilines is 1. The fourth-order valence-corrected chi connectivity index (χ4v) is 3.08. The first-order chi connectivity index (χ1) is 13.1. The van der Waals surface area contributed by atoms with Crippen LogP contribution in [0.5, 0.6) is 11.5 Å². The molecular formula is C19H19N3O4S. The molecule has 0 saturated heterocycles. The van der Waals surface area contributed by atoms with Gasteiger partial charge in [0.15, 0.2) is 5.82 Å². The molecule has 3 rings (SSSR count). The van der Waals surface area contributed by atoms with Crippen molar-refractivity contribution in [1.82, 2.24) is 10.1 Å². The van der Waals surface area contributed by atoms with Crippen molar-refractivity contribution in [1.29, 1.82) is 0 Å². The highest BCUT2D eigenvalue weighted by atomic mass is 32.2. The van der Waals surface area contributed by atoms with E-state index in [-0.39, 0.29) is 5.91 Å². The van der Waals surface area contributed by atoms with Crippen LogP contribution in [0.2, 0.25) is 0 Å². The first-order valence-electron chi connectivity index (χ1n) is 8.14. The number of nitrogens with one attached hydrogen (secondary N) is 1. The Balaban J connectivity index is 1.63. The van der Waals surface area contributed by atoms with Crippen LogP contribution >= 0.6 is 11.8 Å². The van der Waals surface area contributed by atoms with Crippen molar-refractivity contribution in [2.45, 2.75) is 17.6 Å². The van der Waals surface area contributed by atoms with E-state index in [1.165, 1.54) is 0 Å². The van der Waals surface area contributed by atoms with Gasteiger partial charge >= 0.3 is 0 Å². The molecule has 8 heteroatoms. The Morgan fingerprint density at radius 2 is 1.93 bits per heavy atom. The van der Waals surface area contributed by atoms with Crippen LogP contribution in [0.4, 0.5) is 5.69 Å². The summed E-state index contributed by atoms with van der Waals surface area (Å²) in [7, 11) is 3.12. The molecule has 2 aromatic carbocycles. The second kappa shape index (κ2) is 8.59. The van der Waals surface area contributed by atoms with Gasteiger partial charge in [-0.1, -0.05) is 5.16 Å². The van der Waals surface area contributed by atoms with Gasteiger partial charge in [0.1, 0.15) is 11.5 Å². The summed E-state index contributed by atoms with van der Waals surface area (Å²) >= 11 is 1.56. The number of aromatic nitrogens is 2. The van der Waals surface area contributed by atoms with Gasteiger partial charge in [0, 0.05) is 16.5 Å². The largest absolute Gasteiger partial charge is 0.497 e. The number of rotatable bonds is 7. The van der Waals surface area contributed by atoms with Gasteiger partial charge in [-0.3, -0.25) is 4.79 Å². The average Bonchev–Trinajstić information content (AvgIpc) is 3.12. The van der Waals surface area contributed by atoms with Crippen molar-refractivity contribution in [3.63, 3.8) is 0 Å². The number of aryl methyl sites for hydroxylation is 1. The van der Waals surface area contributed by atoms with Gasteiger partial charge in [0.2, 0.25) is 5.89 Å². The predicted molar refractivity (Wildman–Crippen MR) is 103 cm³/mol. The summed E-state index contributed by atoms with van der Waals surface area (Å²) in [6.07, 6.45) is 0. The van der Waals surface area contributed by atoms with Crippen molar-refractivity contribution in [3.05, 3.63) is 59.7 Å². The molecule has 0 bridgehead atoms. The molecule has 0 unspecified atom stereocenters. The second-order valence-corrected chi connectivity index (χ2v) is 6.62. The lowest BCUT2D eigenvalue weighted by molar-refractivity contribution is 0.102. The minimum atomic E-state index is -0.220. The second-order valence-electron chi connectivity index (χ2n) is 5.57. The van der Waals surface area contributed by atoms with E-state index in [0.717, 1.165) is 4.90 Å². The lowest BCUT2D eigenvalue weighted by Crippen LogP contribution is -2.12. The van der Waals surface area contributed by atoms with E-state index >= 15 is 0 Å². The van der Waals surface area contributed by atoms with Crippen LogP contribution in [-0.2, 0) is 5.75 Å². The smallest absolute Gasteiger partial charge is 0.255 e. The zero-order valence-electron chi connectivity index (χ0n) is 15.2. The van der Waals surface area contributed by atoms with Crippen LogP contribution in [0, 0.1) is 6.92 Å². The number of amides is 1. The zero-order chi connectivity index (χ0) is 19.2. The maximum Gasteiger partial charge on any atom is 0.255 e. The van der Waals surface area contributed by atoms with Gasteiger partial charge in [-0.2, -0.15) is 4.98 Å². The van der Waals surface area contributed by atoms with Gasteiger partial charge in [-0.05, 0) is 43.3 Å². The van der Waals surface area contributed by atoms with Gasteiger partial charge in [-0.15, -0.1) is 11.8 Å². The number of methoxy groups -OCH3 is 2. The number of carbonyl (C=O) groups is 1. The molecular weight excluding hydrogens is 366 g/mol. The van der Waals surface area contributed by atoms with Crippen LogP contribution in [0.1, 0.15) is 22.1 Å². The standard InChI is InChI=1S/C19H19N3O4S/c1-12-20-18(26-22-12)11-27-15-7-4-13(5-8-15)19(23)21-16-9-6-14(24-2)10-17(16)25-3/h4-10H,11H2,1-3H3,(H,21,23). The third-order valence-corrected chi connectivity index (χ3v) is 4.70. The Morgan fingerprint density at radius 3 is 2.56 bits per heavy atom. The molecule has 0 atom stereocenters. The van der Waals surface area contributed by atoms with Gasteiger partial charge in [0.05, 0.1) is 25.7 Å². The van der Waals surface area contributed by atoms with Gasteiger partial charge in [-0.25, -0.2) is 0 Å². The van der Waals surface area contributed by atoms with Crippen LogP contribution in [0.15, 0.2) is 51.9 Å². The highest BCUT2D eigenvalue weighted by Gasteiger charge is 2.11. The van der Waals surface area contributed by atoms with Crippen LogP contribution in [0.3, 0.4) is 0 Å². The molecule has 0 saturated carbocycles. The minimum absolute atomic E-state index is 0.220. The molecule has 0 spiro atoms. The topological polar surface area (TPSA) is 86.5 Å². The Kier molecular flexibility index (Phi) is 5.97. The lowest BCUT2D eigenvalue weighted by atomic mass is 10.2. The zero-order valence-corrected chi connectivity index (χ0v) is 16.0. The predicted octanol–water partition coefficient (Wildman–Crippen LogP) is 3.94. The molecule has 1 heterocycles. The Labute approximate surface area is 161 Å². The van der Waals surface area contributed by atoms with Crippen molar-refractivity contribution < 1.29 is 18.8 Å². The van der Waals surface area contributed by atoms with E-state index in [1.54, 1.807) is 63.2 Å². The number of nitrogens with zero attached hydrogens (tertiary/aromatic N) is 2. The van der Waals surface area contributed by atoms with Crippen molar-refractivity contribution >= 4 is 23.4 Å². The van der Waals surface area contributed by atoms with Crippen molar-refractivity contribution in [2.75, 3.05) is 19.5 Å². The summed E-state index contributed by atoms with van der Waals surface area (Å²) in [6.45, 7) is 1.78. The number of benzene rings is 2. The molecule has 3 aromatic rings. The number of ether oxygens (including phenoxy) is 2. The molecule has 140 valence electrons.